The van der Waals surface area contributed by atoms with Crippen molar-refractivity contribution >= 4 is 34.6 Å². The molecule has 2 atom stereocenters. The number of amides is 1. The van der Waals surface area contributed by atoms with Gasteiger partial charge in [0.15, 0.2) is 11.5 Å². The van der Waals surface area contributed by atoms with Crippen LogP contribution in [0, 0.1) is 10.1 Å². The zero-order valence-electron chi connectivity index (χ0n) is 21.5. The Balaban J connectivity index is 1.97. The largest absolute Gasteiger partial charge is 0.493 e. The van der Waals surface area contributed by atoms with Crippen LogP contribution in [-0.4, -0.2) is 38.1 Å². The van der Waals surface area contributed by atoms with Crippen LogP contribution in [0.3, 0.4) is 0 Å². The zero-order chi connectivity index (χ0) is 26.9. The van der Waals surface area contributed by atoms with Crippen LogP contribution in [0.25, 0.3) is 0 Å². The molecule has 1 heterocycles. The maximum Gasteiger partial charge on any atom is 0.276 e. The van der Waals surface area contributed by atoms with Crippen LogP contribution < -0.4 is 19.3 Å². The number of nitro groups is 1. The Bertz CT molecular complexity index is 1330. The third-order valence-electron chi connectivity index (χ3n) is 6.62. The van der Waals surface area contributed by atoms with E-state index in [1.54, 1.807) is 30.2 Å². The molecule has 0 spiro atoms. The number of nitro benzene ring substituents is 1. The van der Waals surface area contributed by atoms with Crippen molar-refractivity contribution in [3.8, 4) is 11.5 Å². The maximum absolute atomic E-state index is 13.7. The smallest absolute Gasteiger partial charge is 0.276 e. The van der Waals surface area contributed by atoms with E-state index >= 15 is 0 Å². The highest BCUT2D eigenvalue weighted by molar-refractivity contribution is 6.30. The van der Waals surface area contributed by atoms with Gasteiger partial charge in [-0.1, -0.05) is 18.5 Å². The minimum Gasteiger partial charge on any atom is -0.493 e. The molecule has 37 heavy (non-hydrogen) atoms. The molecule has 3 aromatic carbocycles. The van der Waals surface area contributed by atoms with E-state index in [0.717, 1.165) is 23.2 Å². The molecule has 2 unspecified atom stereocenters. The van der Waals surface area contributed by atoms with Gasteiger partial charge in [-0.15, -0.1) is 0 Å². The number of fused-ring (bicyclic) bond motifs is 1. The molecule has 1 aliphatic rings. The van der Waals surface area contributed by atoms with Crippen molar-refractivity contribution < 1.29 is 19.2 Å². The molecular weight excluding hydrogens is 494 g/mol. The second-order valence-electron chi connectivity index (χ2n) is 9.25. The van der Waals surface area contributed by atoms with Crippen LogP contribution in [0.4, 0.5) is 17.1 Å². The number of hydrogen-bond donors (Lipinski definition) is 0. The number of carbonyl (C=O) groups is 1. The molecular formula is C28H30ClN3O5. The van der Waals surface area contributed by atoms with E-state index in [9.17, 15) is 14.9 Å². The first-order valence-electron chi connectivity index (χ1n) is 12.0. The van der Waals surface area contributed by atoms with E-state index in [1.807, 2.05) is 63.2 Å². The SMILES string of the molecule is CCC(C)Oc1cc2c(cc1OC)CC(=O)N(c1ccc(N(C)C)cc1)C2c1ccc(Cl)cc1[N+](=O)[O-]. The highest BCUT2D eigenvalue weighted by Gasteiger charge is 2.39. The van der Waals surface area contributed by atoms with Gasteiger partial charge >= 0.3 is 0 Å². The highest BCUT2D eigenvalue weighted by atomic mass is 35.5. The standard InChI is InChI=1S/C28H30ClN3O5/c1-6-17(2)37-26-16-23-18(13-25(26)36-5)14-27(33)31(21-10-8-20(9-11-21)30(3)4)28(23)22-12-7-19(29)15-24(22)32(34)35/h7-13,15-17,28H,6,14H2,1-5H3. The molecule has 0 aromatic heterocycles. The zero-order valence-corrected chi connectivity index (χ0v) is 22.3. The number of nitrogens with zero attached hydrogens (tertiary/aromatic N) is 3. The summed E-state index contributed by atoms with van der Waals surface area (Å²) in [4.78, 5) is 28.9. The third kappa shape index (κ3) is 5.20. The number of rotatable bonds is 8. The van der Waals surface area contributed by atoms with E-state index in [-0.39, 0.29) is 29.1 Å². The minimum atomic E-state index is -0.774. The third-order valence-corrected chi connectivity index (χ3v) is 6.85. The van der Waals surface area contributed by atoms with Crippen LogP contribution in [-0.2, 0) is 11.2 Å². The molecule has 0 bridgehead atoms. The summed E-state index contributed by atoms with van der Waals surface area (Å²) in [5.74, 6) is 0.853. The van der Waals surface area contributed by atoms with Crippen molar-refractivity contribution in [1.29, 1.82) is 0 Å². The lowest BCUT2D eigenvalue weighted by Gasteiger charge is -2.38. The Morgan fingerprint density at radius 2 is 1.81 bits per heavy atom. The van der Waals surface area contributed by atoms with E-state index in [1.165, 1.54) is 6.07 Å². The fourth-order valence-electron chi connectivity index (χ4n) is 4.53. The van der Waals surface area contributed by atoms with Gasteiger partial charge in [-0.25, -0.2) is 0 Å². The van der Waals surface area contributed by atoms with Gasteiger partial charge in [0.2, 0.25) is 5.91 Å². The summed E-state index contributed by atoms with van der Waals surface area (Å²) in [5, 5.41) is 12.4. The first kappa shape index (κ1) is 26.3. The molecule has 1 aliphatic heterocycles. The number of ether oxygens (including phenoxy) is 2. The topological polar surface area (TPSA) is 85.2 Å². The molecule has 194 valence electrons. The van der Waals surface area contributed by atoms with Gasteiger partial charge in [0.05, 0.1) is 36.2 Å². The first-order valence-corrected chi connectivity index (χ1v) is 12.4. The Kier molecular flexibility index (Phi) is 7.59. The van der Waals surface area contributed by atoms with Crippen LogP contribution in [0.15, 0.2) is 54.6 Å². The number of benzene rings is 3. The second kappa shape index (κ2) is 10.7. The van der Waals surface area contributed by atoms with Crippen molar-refractivity contribution in [2.45, 2.75) is 38.8 Å². The van der Waals surface area contributed by atoms with Gasteiger partial charge in [0.1, 0.15) is 0 Å². The van der Waals surface area contributed by atoms with E-state index in [4.69, 9.17) is 21.1 Å². The first-order chi connectivity index (χ1) is 17.6. The molecule has 0 saturated heterocycles. The van der Waals surface area contributed by atoms with Crippen molar-refractivity contribution in [3.05, 3.63) is 86.4 Å². The van der Waals surface area contributed by atoms with Crippen molar-refractivity contribution in [1.82, 2.24) is 0 Å². The summed E-state index contributed by atoms with van der Waals surface area (Å²) in [5.41, 5.74) is 3.27. The van der Waals surface area contributed by atoms with E-state index < -0.39 is 11.0 Å². The summed E-state index contributed by atoms with van der Waals surface area (Å²) in [6.07, 6.45) is 0.827. The fourth-order valence-corrected chi connectivity index (χ4v) is 4.69. The van der Waals surface area contributed by atoms with E-state index in [2.05, 4.69) is 0 Å². The summed E-state index contributed by atoms with van der Waals surface area (Å²) >= 11 is 6.14. The quantitative estimate of drug-likeness (QED) is 0.259. The van der Waals surface area contributed by atoms with Gasteiger partial charge in [0.25, 0.3) is 5.69 Å². The lowest BCUT2D eigenvalue weighted by molar-refractivity contribution is -0.385. The number of hydrogen-bond acceptors (Lipinski definition) is 6. The van der Waals surface area contributed by atoms with Crippen molar-refractivity contribution in [3.63, 3.8) is 0 Å². The highest BCUT2D eigenvalue weighted by Crippen LogP contribution is 2.46. The Morgan fingerprint density at radius 3 is 2.41 bits per heavy atom. The summed E-state index contributed by atoms with van der Waals surface area (Å²) in [7, 11) is 5.42. The lowest BCUT2D eigenvalue weighted by Crippen LogP contribution is -2.41. The van der Waals surface area contributed by atoms with Gasteiger partial charge < -0.3 is 19.3 Å². The van der Waals surface area contributed by atoms with Gasteiger partial charge in [-0.2, -0.15) is 0 Å². The molecule has 8 nitrogen and oxygen atoms in total. The minimum absolute atomic E-state index is 0.0739. The molecule has 0 radical (unpaired) electrons. The van der Waals surface area contributed by atoms with Crippen LogP contribution >= 0.6 is 11.6 Å². The summed E-state index contributed by atoms with van der Waals surface area (Å²) in [6, 6.07) is 15.0. The molecule has 0 saturated carbocycles. The molecule has 0 aliphatic carbocycles. The van der Waals surface area contributed by atoms with Gasteiger partial charge in [0, 0.05) is 36.6 Å². The fraction of sp³-hybridized carbons (Fsp3) is 0.321. The lowest BCUT2D eigenvalue weighted by atomic mass is 9.86. The molecule has 1 amide bonds. The Labute approximate surface area is 221 Å². The molecule has 9 heteroatoms. The Hall–Kier alpha value is -3.78. The summed E-state index contributed by atoms with van der Waals surface area (Å²) < 4.78 is 11.7. The van der Waals surface area contributed by atoms with E-state index in [0.29, 0.717) is 22.7 Å². The van der Waals surface area contributed by atoms with Crippen molar-refractivity contribution in [2.24, 2.45) is 0 Å². The van der Waals surface area contributed by atoms with Gasteiger partial charge in [-0.05, 0) is 73.0 Å². The van der Waals surface area contributed by atoms with Crippen LogP contribution in [0.5, 0.6) is 11.5 Å². The number of carbonyl (C=O) groups excluding carboxylic acids is 1. The molecule has 3 aromatic rings. The second-order valence-corrected chi connectivity index (χ2v) is 9.69. The van der Waals surface area contributed by atoms with Crippen LogP contribution in [0.2, 0.25) is 5.02 Å². The predicted molar refractivity (Wildman–Crippen MR) is 145 cm³/mol. The van der Waals surface area contributed by atoms with Gasteiger partial charge in [-0.3, -0.25) is 14.9 Å². The maximum atomic E-state index is 13.7. The number of anilines is 2. The average Bonchev–Trinajstić information content (AvgIpc) is 2.87. The molecule has 0 N–H and O–H groups in total. The summed E-state index contributed by atoms with van der Waals surface area (Å²) in [6.45, 7) is 3.98. The normalized spacial score (nSPS) is 15.7. The molecule has 4 rings (SSSR count). The average molecular weight is 524 g/mol. The van der Waals surface area contributed by atoms with Crippen molar-refractivity contribution in [2.75, 3.05) is 31.0 Å². The van der Waals surface area contributed by atoms with Crippen LogP contribution in [0.1, 0.15) is 43.0 Å². The monoisotopic (exact) mass is 523 g/mol. The Morgan fingerprint density at radius 1 is 1.11 bits per heavy atom. The molecule has 0 fully saturated rings. The number of halogens is 1. The number of methoxy groups -OCH3 is 1. The predicted octanol–water partition coefficient (Wildman–Crippen LogP) is 6.18.